The van der Waals surface area contributed by atoms with Gasteiger partial charge in [0.2, 0.25) is 0 Å². The highest BCUT2D eigenvalue weighted by Gasteiger charge is 2.29. The van der Waals surface area contributed by atoms with E-state index in [1.165, 1.54) is 38.9 Å². The molecule has 6 aromatic rings. The zero-order chi connectivity index (χ0) is 26.9. The summed E-state index contributed by atoms with van der Waals surface area (Å²) in [4.78, 5) is 7.29. The van der Waals surface area contributed by atoms with Crippen molar-refractivity contribution in [1.82, 2.24) is 9.97 Å². The number of H-pyrrole nitrogens is 2. The number of nitrogens with one attached hydrogen (secondary N) is 2. The van der Waals surface area contributed by atoms with Crippen LogP contribution in [0, 0.1) is 17.4 Å². The molecular weight excluding hydrogens is 595 g/mol. The highest BCUT2D eigenvalue weighted by molar-refractivity contribution is 14.1. The molecule has 0 fully saturated rings. The van der Waals surface area contributed by atoms with Crippen molar-refractivity contribution >= 4 is 44.4 Å². The molecule has 5 heteroatoms. The number of fused-ring (bicyclic) bond motifs is 2. The van der Waals surface area contributed by atoms with Crippen LogP contribution in [0.5, 0.6) is 11.5 Å². The summed E-state index contributed by atoms with van der Waals surface area (Å²) in [5, 5.41) is 2.48. The third-order valence-corrected chi connectivity index (χ3v) is 8.16. The van der Waals surface area contributed by atoms with Crippen LogP contribution in [0.1, 0.15) is 46.5 Å². The Morgan fingerprint density at radius 2 is 1.28 bits per heavy atom. The van der Waals surface area contributed by atoms with Crippen molar-refractivity contribution in [1.29, 1.82) is 0 Å². The van der Waals surface area contributed by atoms with Gasteiger partial charge in [-0.2, -0.15) is 0 Å². The van der Waals surface area contributed by atoms with E-state index in [1.54, 1.807) is 0 Å². The summed E-state index contributed by atoms with van der Waals surface area (Å²) in [5.41, 5.74) is 9.51. The van der Waals surface area contributed by atoms with Crippen molar-refractivity contribution in [2.45, 2.75) is 33.3 Å². The number of halogens is 1. The summed E-state index contributed by atoms with van der Waals surface area (Å²) in [5.74, 6) is 1.55. The van der Waals surface area contributed by atoms with E-state index < -0.39 is 0 Å². The molecule has 4 nitrogen and oxygen atoms in total. The summed E-state index contributed by atoms with van der Waals surface area (Å²) in [6, 6.07) is 31.9. The SMILES string of the molecule is CCOc1cc(C(c2c(C)[nH]c3ccccc23)c2c(C)[nH]c3ccccc23)cc(I)c1OCc1ccccc1. The Bertz CT molecular complexity index is 1690. The fourth-order valence-corrected chi connectivity index (χ4v) is 6.49. The van der Waals surface area contributed by atoms with E-state index in [1.807, 2.05) is 25.1 Å². The van der Waals surface area contributed by atoms with E-state index in [2.05, 4.69) is 119 Å². The number of rotatable bonds is 8. The molecule has 0 unspecified atom stereocenters. The van der Waals surface area contributed by atoms with E-state index in [-0.39, 0.29) is 5.92 Å². The first-order chi connectivity index (χ1) is 19.0. The minimum absolute atomic E-state index is 0.00630. The summed E-state index contributed by atoms with van der Waals surface area (Å²) in [6.07, 6.45) is 0. The largest absolute Gasteiger partial charge is 0.490 e. The van der Waals surface area contributed by atoms with Gasteiger partial charge >= 0.3 is 0 Å². The Balaban J connectivity index is 1.56. The van der Waals surface area contributed by atoms with Crippen LogP contribution in [-0.4, -0.2) is 16.6 Å². The molecule has 0 saturated carbocycles. The number of ether oxygens (including phenoxy) is 2. The van der Waals surface area contributed by atoms with Gasteiger partial charge in [0, 0.05) is 39.1 Å². The number of aromatic nitrogens is 2. The Morgan fingerprint density at radius 1 is 0.718 bits per heavy atom. The van der Waals surface area contributed by atoms with E-state index in [4.69, 9.17) is 9.47 Å². The maximum absolute atomic E-state index is 6.37. The molecule has 0 spiro atoms. The molecule has 0 aliphatic rings. The van der Waals surface area contributed by atoms with Gasteiger partial charge in [-0.1, -0.05) is 66.7 Å². The zero-order valence-electron chi connectivity index (χ0n) is 22.3. The second-order valence-electron chi connectivity index (χ2n) is 9.89. The number of benzene rings is 4. The van der Waals surface area contributed by atoms with Gasteiger partial charge in [0.05, 0.1) is 10.2 Å². The minimum Gasteiger partial charge on any atom is -0.490 e. The molecule has 2 heterocycles. The Kier molecular flexibility index (Phi) is 7.09. The smallest absolute Gasteiger partial charge is 0.174 e. The zero-order valence-corrected chi connectivity index (χ0v) is 24.5. The van der Waals surface area contributed by atoms with Crippen LogP contribution in [0.15, 0.2) is 91.0 Å². The van der Waals surface area contributed by atoms with Gasteiger partial charge < -0.3 is 19.4 Å². The predicted molar refractivity (Wildman–Crippen MR) is 168 cm³/mol. The summed E-state index contributed by atoms with van der Waals surface area (Å²) >= 11 is 2.40. The van der Waals surface area contributed by atoms with Gasteiger partial charge in [0.15, 0.2) is 11.5 Å². The van der Waals surface area contributed by atoms with Gasteiger partial charge in [-0.3, -0.25) is 0 Å². The van der Waals surface area contributed by atoms with E-state index >= 15 is 0 Å². The normalized spacial score (nSPS) is 11.5. The molecule has 6 rings (SSSR count). The molecule has 2 N–H and O–H groups in total. The monoisotopic (exact) mass is 626 g/mol. The van der Waals surface area contributed by atoms with Gasteiger partial charge in [0.25, 0.3) is 0 Å². The average molecular weight is 627 g/mol. The maximum Gasteiger partial charge on any atom is 0.174 e. The Hall–Kier alpha value is -3.71. The van der Waals surface area contributed by atoms with E-state index in [0.717, 1.165) is 31.7 Å². The molecular formula is C34H31IN2O2. The molecule has 4 aromatic carbocycles. The lowest BCUT2D eigenvalue weighted by atomic mass is 9.82. The molecule has 0 aliphatic heterocycles. The lowest BCUT2D eigenvalue weighted by Crippen LogP contribution is -2.08. The van der Waals surface area contributed by atoms with Crippen molar-refractivity contribution in [2.24, 2.45) is 0 Å². The Morgan fingerprint density at radius 3 is 1.87 bits per heavy atom. The lowest BCUT2D eigenvalue weighted by Gasteiger charge is -2.23. The van der Waals surface area contributed by atoms with Crippen LogP contribution in [-0.2, 0) is 6.61 Å². The van der Waals surface area contributed by atoms with Crippen LogP contribution < -0.4 is 9.47 Å². The quantitative estimate of drug-likeness (QED) is 0.166. The molecule has 39 heavy (non-hydrogen) atoms. The van der Waals surface area contributed by atoms with Gasteiger partial charge in [-0.05, 0) is 89.9 Å². The standard InChI is InChI=1S/C34H31IN2O2/c1-4-38-30-19-24(18-27(35)34(30)39-20-23-12-6-5-7-13-23)33(31-21(2)36-28-16-10-8-14-25(28)31)32-22(3)37-29-17-11-9-15-26(29)32/h5-19,33,36-37H,4,20H2,1-3H3. The number of aromatic amines is 2. The molecule has 0 aliphatic carbocycles. The molecule has 0 saturated heterocycles. The maximum atomic E-state index is 6.37. The molecule has 0 radical (unpaired) electrons. The van der Waals surface area contributed by atoms with Gasteiger partial charge in [-0.15, -0.1) is 0 Å². The number of hydrogen-bond acceptors (Lipinski definition) is 2. The summed E-state index contributed by atoms with van der Waals surface area (Å²) in [7, 11) is 0. The number of hydrogen-bond donors (Lipinski definition) is 2. The van der Waals surface area contributed by atoms with Crippen LogP contribution >= 0.6 is 22.6 Å². The molecule has 2 aromatic heterocycles. The number of para-hydroxylation sites is 2. The highest BCUT2D eigenvalue weighted by atomic mass is 127. The molecule has 0 bridgehead atoms. The fraction of sp³-hybridized carbons (Fsp3) is 0.176. The van der Waals surface area contributed by atoms with Crippen molar-refractivity contribution in [2.75, 3.05) is 6.61 Å². The second kappa shape index (κ2) is 10.8. The highest BCUT2D eigenvalue weighted by Crippen LogP contribution is 2.46. The first-order valence-corrected chi connectivity index (χ1v) is 14.4. The lowest BCUT2D eigenvalue weighted by molar-refractivity contribution is 0.267. The molecule has 196 valence electrons. The van der Waals surface area contributed by atoms with E-state index in [0.29, 0.717) is 13.2 Å². The van der Waals surface area contributed by atoms with Crippen molar-refractivity contribution in [3.63, 3.8) is 0 Å². The van der Waals surface area contributed by atoms with Crippen LogP contribution in [0.4, 0.5) is 0 Å². The minimum atomic E-state index is -0.00630. The van der Waals surface area contributed by atoms with Crippen molar-refractivity contribution < 1.29 is 9.47 Å². The van der Waals surface area contributed by atoms with Crippen LogP contribution in [0.3, 0.4) is 0 Å². The van der Waals surface area contributed by atoms with Gasteiger partial charge in [0.1, 0.15) is 6.61 Å². The summed E-state index contributed by atoms with van der Waals surface area (Å²) in [6.45, 7) is 7.43. The summed E-state index contributed by atoms with van der Waals surface area (Å²) < 4.78 is 13.6. The van der Waals surface area contributed by atoms with E-state index in [9.17, 15) is 0 Å². The fourth-order valence-electron chi connectivity index (χ4n) is 5.71. The van der Waals surface area contributed by atoms with Gasteiger partial charge in [-0.25, -0.2) is 0 Å². The first-order valence-electron chi connectivity index (χ1n) is 13.3. The molecule has 0 amide bonds. The van der Waals surface area contributed by atoms with Crippen molar-refractivity contribution in [3.05, 3.63) is 128 Å². The third-order valence-electron chi connectivity index (χ3n) is 7.36. The Labute approximate surface area is 242 Å². The molecule has 0 atom stereocenters. The predicted octanol–water partition coefficient (Wildman–Crippen LogP) is 9.03. The van der Waals surface area contributed by atoms with Crippen molar-refractivity contribution in [3.8, 4) is 11.5 Å². The average Bonchev–Trinajstić information content (AvgIpc) is 3.45. The van der Waals surface area contributed by atoms with Crippen LogP contribution in [0.25, 0.3) is 21.8 Å². The first kappa shape index (κ1) is 25.6. The third kappa shape index (κ3) is 4.80. The van der Waals surface area contributed by atoms with Crippen LogP contribution in [0.2, 0.25) is 0 Å². The second-order valence-corrected chi connectivity index (χ2v) is 11.1. The topological polar surface area (TPSA) is 50.0 Å². The number of aryl methyl sites for hydroxylation is 2.